The largest absolute Gasteiger partial charge is 0.454 e. The summed E-state index contributed by atoms with van der Waals surface area (Å²) in [4.78, 5) is 35.6. The molecule has 2 N–H and O–H groups in total. The van der Waals surface area contributed by atoms with Gasteiger partial charge in [0.15, 0.2) is 6.61 Å². The molecule has 0 unspecified atom stereocenters. The van der Waals surface area contributed by atoms with Gasteiger partial charge in [0, 0.05) is 10.6 Å². The van der Waals surface area contributed by atoms with Gasteiger partial charge in [-0.2, -0.15) is 0 Å². The number of rotatable bonds is 6. The summed E-state index contributed by atoms with van der Waals surface area (Å²) in [6.45, 7) is 2.99. The molecule has 0 aromatic heterocycles. The van der Waals surface area contributed by atoms with E-state index in [2.05, 4.69) is 10.6 Å². The molecule has 0 atom stereocenters. The number of aryl methyl sites for hydroxylation is 2. The van der Waals surface area contributed by atoms with E-state index in [4.69, 9.17) is 27.9 Å². The van der Waals surface area contributed by atoms with Crippen molar-refractivity contribution in [3.63, 3.8) is 0 Å². The monoisotopic (exact) mass is 408 g/mol. The van der Waals surface area contributed by atoms with Crippen molar-refractivity contribution in [2.75, 3.05) is 18.5 Å². The molecule has 8 heteroatoms. The summed E-state index contributed by atoms with van der Waals surface area (Å²) >= 11 is 11.7. The molecule has 0 saturated heterocycles. The molecule has 2 amide bonds. The van der Waals surface area contributed by atoms with E-state index in [0.717, 1.165) is 11.1 Å². The van der Waals surface area contributed by atoms with Crippen LogP contribution < -0.4 is 10.6 Å². The Kier molecular flexibility index (Phi) is 7.21. The number of benzene rings is 2. The highest BCUT2D eigenvalue weighted by Gasteiger charge is 2.12. The Labute approximate surface area is 166 Å². The molecule has 2 aromatic carbocycles. The van der Waals surface area contributed by atoms with Crippen LogP contribution in [0.1, 0.15) is 21.5 Å². The van der Waals surface area contributed by atoms with E-state index in [1.807, 2.05) is 19.9 Å². The minimum absolute atomic E-state index is 0.267. The molecule has 6 nitrogen and oxygen atoms in total. The fourth-order valence-corrected chi connectivity index (χ4v) is 2.57. The third-order valence-corrected chi connectivity index (χ3v) is 4.28. The van der Waals surface area contributed by atoms with Gasteiger partial charge in [-0.3, -0.25) is 14.4 Å². The van der Waals surface area contributed by atoms with Gasteiger partial charge in [-0.1, -0.05) is 29.3 Å². The number of nitrogens with one attached hydrogen (secondary N) is 2. The van der Waals surface area contributed by atoms with Gasteiger partial charge in [0.05, 0.1) is 10.7 Å². The fraction of sp³-hybridized carbons (Fsp3) is 0.211. The first-order valence-electron chi connectivity index (χ1n) is 8.02. The van der Waals surface area contributed by atoms with E-state index >= 15 is 0 Å². The second kappa shape index (κ2) is 9.39. The predicted molar refractivity (Wildman–Crippen MR) is 104 cm³/mol. The third kappa shape index (κ3) is 6.27. The van der Waals surface area contributed by atoms with Gasteiger partial charge in [0.25, 0.3) is 11.8 Å². The zero-order valence-corrected chi connectivity index (χ0v) is 16.3. The second-order valence-electron chi connectivity index (χ2n) is 5.81. The summed E-state index contributed by atoms with van der Waals surface area (Å²) in [6.07, 6.45) is 0. The Morgan fingerprint density at radius 2 is 1.74 bits per heavy atom. The van der Waals surface area contributed by atoms with E-state index in [1.54, 1.807) is 18.2 Å². The van der Waals surface area contributed by atoms with Crippen LogP contribution in [0.3, 0.4) is 0 Å². The quantitative estimate of drug-likeness (QED) is 0.716. The molecule has 0 bridgehead atoms. The smallest absolute Gasteiger partial charge is 0.325 e. The Morgan fingerprint density at radius 3 is 2.41 bits per heavy atom. The van der Waals surface area contributed by atoms with Gasteiger partial charge >= 0.3 is 5.97 Å². The zero-order chi connectivity index (χ0) is 20.0. The van der Waals surface area contributed by atoms with Crippen molar-refractivity contribution in [1.82, 2.24) is 5.32 Å². The predicted octanol–water partition coefficient (Wildman–Crippen LogP) is 3.52. The molecule has 27 heavy (non-hydrogen) atoms. The number of halogens is 2. The number of ether oxygens (including phenoxy) is 1. The molecular weight excluding hydrogens is 391 g/mol. The average Bonchev–Trinajstić information content (AvgIpc) is 2.62. The Hall–Kier alpha value is -2.57. The summed E-state index contributed by atoms with van der Waals surface area (Å²) in [7, 11) is 0. The lowest BCUT2D eigenvalue weighted by Crippen LogP contribution is -2.32. The normalized spacial score (nSPS) is 10.2. The summed E-state index contributed by atoms with van der Waals surface area (Å²) in [5.41, 5.74) is 2.84. The van der Waals surface area contributed by atoms with Crippen LogP contribution in [0, 0.1) is 13.8 Å². The molecule has 2 rings (SSSR count). The topological polar surface area (TPSA) is 84.5 Å². The molecule has 0 spiro atoms. The van der Waals surface area contributed by atoms with Crippen LogP contribution in [0.15, 0.2) is 36.4 Å². The van der Waals surface area contributed by atoms with Crippen LogP contribution in [0.25, 0.3) is 0 Å². The molecule has 0 fully saturated rings. The van der Waals surface area contributed by atoms with Crippen molar-refractivity contribution >= 4 is 46.7 Å². The fourth-order valence-electron chi connectivity index (χ4n) is 2.11. The highest BCUT2D eigenvalue weighted by Crippen LogP contribution is 2.25. The summed E-state index contributed by atoms with van der Waals surface area (Å²) in [5.74, 6) is -1.69. The minimum atomic E-state index is -0.732. The Morgan fingerprint density at radius 1 is 1.00 bits per heavy atom. The van der Waals surface area contributed by atoms with Crippen LogP contribution in [0.4, 0.5) is 5.69 Å². The van der Waals surface area contributed by atoms with Gasteiger partial charge in [0.2, 0.25) is 0 Å². The second-order valence-corrected chi connectivity index (χ2v) is 6.66. The first-order valence-corrected chi connectivity index (χ1v) is 8.78. The summed E-state index contributed by atoms with van der Waals surface area (Å²) in [6, 6.07) is 9.82. The SMILES string of the molecule is Cc1ccc(C(=O)NCC(=O)OCC(=O)Nc2ccc(Cl)cc2Cl)cc1C. The molecule has 0 heterocycles. The Balaban J connectivity index is 1.77. The highest BCUT2D eigenvalue weighted by atomic mass is 35.5. The van der Waals surface area contributed by atoms with Gasteiger partial charge in [-0.25, -0.2) is 0 Å². The minimum Gasteiger partial charge on any atom is -0.454 e. The van der Waals surface area contributed by atoms with Crippen LogP contribution >= 0.6 is 23.2 Å². The van der Waals surface area contributed by atoms with Gasteiger partial charge in [-0.15, -0.1) is 0 Å². The van der Waals surface area contributed by atoms with E-state index < -0.39 is 24.4 Å². The number of hydrogen-bond acceptors (Lipinski definition) is 4. The lowest BCUT2D eigenvalue weighted by Gasteiger charge is -2.09. The van der Waals surface area contributed by atoms with Gasteiger partial charge in [0.1, 0.15) is 6.54 Å². The number of anilines is 1. The lowest BCUT2D eigenvalue weighted by molar-refractivity contribution is -0.146. The van der Waals surface area contributed by atoms with Crippen molar-refractivity contribution in [1.29, 1.82) is 0 Å². The lowest BCUT2D eigenvalue weighted by atomic mass is 10.1. The van der Waals surface area contributed by atoms with Crippen molar-refractivity contribution in [2.45, 2.75) is 13.8 Å². The standard InChI is InChI=1S/C19H18Cl2N2O4/c1-11-3-4-13(7-12(11)2)19(26)22-9-18(25)27-10-17(24)23-16-6-5-14(20)8-15(16)21/h3-8H,9-10H2,1-2H3,(H,22,26)(H,23,24). The number of esters is 1. The molecule has 0 saturated carbocycles. The maximum Gasteiger partial charge on any atom is 0.325 e. The Bertz CT molecular complexity index is 884. The van der Waals surface area contributed by atoms with Crippen molar-refractivity contribution in [3.05, 3.63) is 63.1 Å². The van der Waals surface area contributed by atoms with Gasteiger partial charge < -0.3 is 15.4 Å². The van der Waals surface area contributed by atoms with Crippen molar-refractivity contribution in [3.8, 4) is 0 Å². The van der Waals surface area contributed by atoms with Crippen LogP contribution in [-0.2, 0) is 14.3 Å². The van der Waals surface area contributed by atoms with E-state index in [1.165, 1.54) is 12.1 Å². The van der Waals surface area contributed by atoms with Crippen LogP contribution in [0.5, 0.6) is 0 Å². The van der Waals surface area contributed by atoms with E-state index in [0.29, 0.717) is 16.3 Å². The van der Waals surface area contributed by atoms with E-state index in [-0.39, 0.29) is 11.6 Å². The first kappa shape index (κ1) is 20.7. The number of amides is 2. The van der Waals surface area contributed by atoms with Crippen LogP contribution in [0.2, 0.25) is 10.0 Å². The molecule has 2 aromatic rings. The van der Waals surface area contributed by atoms with Gasteiger partial charge in [-0.05, 0) is 55.3 Å². The van der Waals surface area contributed by atoms with E-state index in [9.17, 15) is 14.4 Å². The average molecular weight is 409 g/mol. The summed E-state index contributed by atoms with van der Waals surface area (Å²) in [5, 5.41) is 5.65. The van der Waals surface area contributed by atoms with Crippen LogP contribution in [-0.4, -0.2) is 30.9 Å². The molecule has 0 aliphatic rings. The maximum atomic E-state index is 12.0. The maximum absolute atomic E-state index is 12.0. The number of hydrogen-bond donors (Lipinski definition) is 2. The van der Waals surface area contributed by atoms with Crippen molar-refractivity contribution in [2.24, 2.45) is 0 Å². The zero-order valence-electron chi connectivity index (χ0n) is 14.8. The molecule has 0 radical (unpaired) electrons. The third-order valence-electron chi connectivity index (χ3n) is 3.73. The summed E-state index contributed by atoms with van der Waals surface area (Å²) < 4.78 is 4.83. The number of carbonyl (C=O) groups is 3. The highest BCUT2D eigenvalue weighted by molar-refractivity contribution is 6.36. The number of carbonyl (C=O) groups excluding carboxylic acids is 3. The molecule has 0 aliphatic carbocycles. The first-order chi connectivity index (χ1) is 12.8. The molecular formula is C19H18Cl2N2O4. The van der Waals surface area contributed by atoms with Crippen molar-refractivity contribution < 1.29 is 19.1 Å². The molecule has 142 valence electrons. The molecule has 0 aliphatic heterocycles.